The molecule has 24 heavy (non-hydrogen) atoms. The molecule has 0 radical (unpaired) electrons. The maximum absolute atomic E-state index is 12.1. The Balaban J connectivity index is 1.57. The highest BCUT2D eigenvalue weighted by atomic mass is 35.5. The number of nitrogens with zero attached hydrogens (tertiary/aromatic N) is 1. The Morgan fingerprint density at radius 1 is 1.12 bits per heavy atom. The van der Waals surface area contributed by atoms with Gasteiger partial charge in [0.15, 0.2) is 5.13 Å². The Bertz CT molecular complexity index is 825. The first-order chi connectivity index (χ1) is 11.6. The average Bonchev–Trinajstić information content (AvgIpc) is 3.03. The molecule has 2 aromatic carbocycles. The molecule has 0 bridgehead atoms. The van der Waals surface area contributed by atoms with E-state index in [0.717, 1.165) is 23.2 Å². The Labute approximate surface area is 150 Å². The number of rotatable bonds is 5. The van der Waals surface area contributed by atoms with Crippen molar-refractivity contribution in [2.24, 2.45) is 0 Å². The fraction of sp³-hybridized carbons (Fsp3) is 0.158. The second-order valence-electron chi connectivity index (χ2n) is 5.58. The summed E-state index contributed by atoms with van der Waals surface area (Å²) in [5, 5.41) is 6.11. The van der Waals surface area contributed by atoms with Crippen LogP contribution in [-0.2, 0) is 11.2 Å². The van der Waals surface area contributed by atoms with Gasteiger partial charge in [-0.05, 0) is 31.0 Å². The lowest BCUT2D eigenvalue weighted by molar-refractivity contribution is -0.116. The van der Waals surface area contributed by atoms with Crippen molar-refractivity contribution in [1.29, 1.82) is 0 Å². The molecule has 122 valence electrons. The zero-order chi connectivity index (χ0) is 16.9. The summed E-state index contributed by atoms with van der Waals surface area (Å²) in [5.74, 6) is -0.0208. The quantitative estimate of drug-likeness (QED) is 0.670. The Kier molecular flexibility index (Phi) is 5.28. The molecule has 0 atom stereocenters. The smallest absolute Gasteiger partial charge is 0.226 e. The van der Waals surface area contributed by atoms with Gasteiger partial charge in [-0.1, -0.05) is 53.6 Å². The van der Waals surface area contributed by atoms with Crippen molar-refractivity contribution in [3.05, 3.63) is 70.1 Å². The van der Waals surface area contributed by atoms with Gasteiger partial charge in [-0.25, -0.2) is 4.98 Å². The molecule has 0 unspecified atom stereocenters. The highest BCUT2D eigenvalue weighted by molar-refractivity contribution is 7.14. The molecule has 0 aliphatic heterocycles. The van der Waals surface area contributed by atoms with Crippen LogP contribution in [0, 0.1) is 6.92 Å². The molecule has 1 N–H and O–H groups in total. The number of nitrogens with one attached hydrogen (secondary N) is 1. The van der Waals surface area contributed by atoms with Gasteiger partial charge >= 0.3 is 0 Å². The van der Waals surface area contributed by atoms with E-state index < -0.39 is 0 Å². The van der Waals surface area contributed by atoms with Crippen LogP contribution in [0.15, 0.2) is 53.9 Å². The van der Waals surface area contributed by atoms with E-state index in [0.29, 0.717) is 16.6 Å². The van der Waals surface area contributed by atoms with E-state index in [1.807, 2.05) is 29.6 Å². The number of benzene rings is 2. The zero-order valence-electron chi connectivity index (χ0n) is 13.3. The van der Waals surface area contributed by atoms with E-state index in [1.165, 1.54) is 16.9 Å². The van der Waals surface area contributed by atoms with E-state index in [2.05, 4.69) is 41.5 Å². The second-order valence-corrected chi connectivity index (χ2v) is 6.87. The lowest BCUT2D eigenvalue weighted by atomic mass is 10.1. The molecule has 0 aliphatic rings. The third kappa shape index (κ3) is 4.43. The topological polar surface area (TPSA) is 42.0 Å². The Morgan fingerprint density at radius 2 is 1.83 bits per heavy atom. The van der Waals surface area contributed by atoms with Crippen LogP contribution in [0.4, 0.5) is 5.13 Å². The minimum absolute atomic E-state index is 0.0208. The summed E-state index contributed by atoms with van der Waals surface area (Å²) < 4.78 is 0. The lowest BCUT2D eigenvalue weighted by Crippen LogP contribution is -2.12. The minimum atomic E-state index is -0.0208. The lowest BCUT2D eigenvalue weighted by Gasteiger charge is -2.03. The number of halogens is 1. The van der Waals surface area contributed by atoms with Crippen molar-refractivity contribution in [3.63, 3.8) is 0 Å². The monoisotopic (exact) mass is 356 g/mol. The largest absolute Gasteiger partial charge is 0.302 e. The second kappa shape index (κ2) is 7.60. The maximum atomic E-state index is 12.1. The number of carbonyl (C=O) groups is 1. The first-order valence-corrected chi connectivity index (χ1v) is 8.93. The molecule has 3 aromatic rings. The molecule has 0 saturated heterocycles. The molecule has 3 nitrogen and oxygen atoms in total. The molecule has 1 aromatic heterocycles. The van der Waals surface area contributed by atoms with Crippen molar-refractivity contribution in [1.82, 2.24) is 4.98 Å². The summed E-state index contributed by atoms with van der Waals surface area (Å²) in [6, 6.07) is 15.7. The van der Waals surface area contributed by atoms with E-state index in [4.69, 9.17) is 11.6 Å². The van der Waals surface area contributed by atoms with Gasteiger partial charge in [0.2, 0.25) is 5.91 Å². The fourth-order valence-electron chi connectivity index (χ4n) is 2.28. The van der Waals surface area contributed by atoms with E-state index in [9.17, 15) is 4.79 Å². The molecular formula is C19H17ClN2OS. The molecule has 1 amide bonds. The zero-order valence-corrected chi connectivity index (χ0v) is 14.8. The number of thiazole rings is 1. The molecule has 0 saturated carbocycles. The molecule has 0 spiro atoms. The molecule has 0 fully saturated rings. The van der Waals surface area contributed by atoms with E-state index in [1.54, 1.807) is 0 Å². The molecule has 3 rings (SSSR count). The average molecular weight is 357 g/mol. The normalized spacial score (nSPS) is 10.6. The van der Waals surface area contributed by atoms with Gasteiger partial charge in [-0.3, -0.25) is 4.79 Å². The van der Waals surface area contributed by atoms with Crippen LogP contribution in [0.25, 0.3) is 11.3 Å². The maximum Gasteiger partial charge on any atom is 0.226 e. The van der Waals surface area contributed by atoms with E-state index in [-0.39, 0.29) is 5.91 Å². The van der Waals surface area contributed by atoms with Gasteiger partial charge < -0.3 is 5.32 Å². The number of carbonyl (C=O) groups excluding carboxylic acids is 1. The Morgan fingerprint density at radius 3 is 2.54 bits per heavy atom. The first-order valence-electron chi connectivity index (χ1n) is 7.67. The molecule has 5 heteroatoms. The van der Waals surface area contributed by atoms with Gasteiger partial charge in [0, 0.05) is 22.4 Å². The molecule has 0 aliphatic carbocycles. The van der Waals surface area contributed by atoms with Crippen LogP contribution in [0.5, 0.6) is 0 Å². The fourth-order valence-corrected chi connectivity index (χ4v) is 3.14. The summed E-state index contributed by atoms with van der Waals surface area (Å²) in [7, 11) is 0. The van der Waals surface area contributed by atoms with Crippen molar-refractivity contribution >= 4 is 34.0 Å². The predicted octanol–water partition coefficient (Wildman–Crippen LogP) is 5.34. The number of aryl methyl sites for hydroxylation is 2. The van der Waals surface area contributed by atoms with Crippen LogP contribution in [0.1, 0.15) is 17.5 Å². The van der Waals surface area contributed by atoms with Crippen LogP contribution in [-0.4, -0.2) is 10.9 Å². The number of hydrogen-bond acceptors (Lipinski definition) is 3. The van der Waals surface area contributed by atoms with Gasteiger partial charge in [0.1, 0.15) is 0 Å². The standard InChI is InChI=1S/C19H17ClN2OS/c1-13-2-4-14(5-3-13)6-11-18(23)22-19-21-17(12-24-19)15-7-9-16(20)10-8-15/h2-5,7-10,12H,6,11H2,1H3,(H,21,22,23). The summed E-state index contributed by atoms with van der Waals surface area (Å²) in [6.45, 7) is 2.05. The van der Waals surface area contributed by atoms with Crippen LogP contribution in [0.2, 0.25) is 5.02 Å². The van der Waals surface area contributed by atoms with Crippen molar-refractivity contribution in [2.45, 2.75) is 19.8 Å². The van der Waals surface area contributed by atoms with Crippen LogP contribution in [0.3, 0.4) is 0 Å². The molecule has 1 heterocycles. The summed E-state index contributed by atoms with van der Waals surface area (Å²) in [5.41, 5.74) is 4.21. The van der Waals surface area contributed by atoms with Crippen LogP contribution >= 0.6 is 22.9 Å². The number of hydrogen-bond donors (Lipinski definition) is 1. The van der Waals surface area contributed by atoms with Crippen molar-refractivity contribution < 1.29 is 4.79 Å². The summed E-state index contributed by atoms with van der Waals surface area (Å²) in [4.78, 5) is 16.5. The Hall–Kier alpha value is -2.17. The first kappa shape index (κ1) is 16.7. The van der Waals surface area contributed by atoms with Gasteiger partial charge in [-0.2, -0.15) is 0 Å². The van der Waals surface area contributed by atoms with Gasteiger partial charge in [0.05, 0.1) is 5.69 Å². The van der Waals surface area contributed by atoms with Gasteiger partial charge in [-0.15, -0.1) is 11.3 Å². The molecular weight excluding hydrogens is 340 g/mol. The van der Waals surface area contributed by atoms with Crippen LogP contribution < -0.4 is 5.32 Å². The minimum Gasteiger partial charge on any atom is -0.302 e. The third-order valence-electron chi connectivity index (χ3n) is 3.65. The summed E-state index contributed by atoms with van der Waals surface area (Å²) in [6.07, 6.45) is 1.17. The van der Waals surface area contributed by atoms with Crippen molar-refractivity contribution in [3.8, 4) is 11.3 Å². The number of aromatic nitrogens is 1. The van der Waals surface area contributed by atoms with E-state index >= 15 is 0 Å². The SMILES string of the molecule is Cc1ccc(CCC(=O)Nc2nc(-c3ccc(Cl)cc3)cs2)cc1. The third-order valence-corrected chi connectivity index (χ3v) is 4.66. The summed E-state index contributed by atoms with van der Waals surface area (Å²) >= 11 is 7.32. The highest BCUT2D eigenvalue weighted by Crippen LogP contribution is 2.26. The van der Waals surface area contributed by atoms with Crippen molar-refractivity contribution in [2.75, 3.05) is 5.32 Å². The predicted molar refractivity (Wildman–Crippen MR) is 101 cm³/mol. The number of anilines is 1. The van der Waals surface area contributed by atoms with Gasteiger partial charge in [0.25, 0.3) is 0 Å². The highest BCUT2D eigenvalue weighted by Gasteiger charge is 2.08. The number of amides is 1.